The molecule has 1 unspecified atom stereocenters. The van der Waals surface area contributed by atoms with Gasteiger partial charge in [0.15, 0.2) is 0 Å². The van der Waals surface area contributed by atoms with Gasteiger partial charge in [-0.1, -0.05) is 22.0 Å². The molecule has 0 amide bonds. The van der Waals surface area contributed by atoms with Crippen LogP contribution in [0.15, 0.2) is 38.0 Å². The lowest BCUT2D eigenvalue weighted by Crippen LogP contribution is -1.96. The fourth-order valence-electron chi connectivity index (χ4n) is 0.808. The summed E-state index contributed by atoms with van der Waals surface area (Å²) in [4.78, 5) is 0.763. The molecule has 1 atom stereocenters. The fourth-order valence-corrected chi connectivity index (χ4v) is 2.25. The Morgan fingerprint density at radius 1 is 1.50 bits per heavy atom. The van der Waals surface area contributed by atoms with Gasteiger partial charge >= 0.3 is 0 Å². The molecule has 2 nitrogen and oxygen atoms in total. The number of halogens is 1. The molecule has 0 aliphatic heterocycles. The summed E-state index contributed by atoms with van der Waals surface area (Å²) in [5, 5.41) is 0. The van der Waals surface area contributed by atoms with E-state index in [0.717, 1.165) is 9.37 Å². The van der Waals surface area contributed by atoms with Gasteiger partial charge in [-0.2, -0.15) is 0 Å². The van der Waals surface area contributed by atoms with Gasteiger partial charge in [-0.3, -0.25) is 0 Å². The van der Waals surface area contributed by atoms with E-state index in [0.29, 0.717) is 0 Å². The summed E-state index contributed by atoms with van der Waals surface area (Å²) in [7, 11) is -0.603. The highest BCUT2D eigenvalue weighted by atomic mass is 79.9. The lowest BCUT2D eigenvalue weighted by Gasteiger charge is -2.02. The predicted molar refractivity (Wildman–Crippen MR) is 54.8 cm³/mol. The lowest BCUT2D eigenvalue weighted by molar-refractivity contribution is 0.680. The molecule has 66 valence electrons. The van der Waals surface area contributed by atoms with E-state index in [9.17, 15) is 4.21 Å². The number of nitrogens with zero attached hydrogens (tertiary/aromatic N) is 1. The van der Waals surface area contributed by atoms with Crippen molar-refractivity contribution in [3.63, 3.8) is 0 Å². The van der Waals surface area contributed by atoms with Gasteiger partial charge in [0.2, 0.25) is 0 Å². The van der Waals surface area contributed by atoms with Gasteiger partial charge in [0.25, 0.3) is 0 Å². The van der Waals surface area contributed by atoms with Crippen molar-refractivity contribution in [1.82, 2.24) is 0 Å². The second-order valence-corrected chi connectivity index (χ2v) is 5.80. The number of hydrogen-bond donors (Lipinski definition) is 0. The molecule has 0 bridgehead atoms. The zero-order valence-electron chi connectivity index (χ0n) is 6.95. The van der Waals surface area contributed by atoms with E-state index in [4.69, 9.17) is 0 Å². The molecule has 1 rings (SSSR count). The van der Waals surface area contributed by atoms with Crippen molar-refractivity contribution >= 4 is 25.7 Å². The van der Waals surface area contributed by atoms with Gasteiger partial charge in [-0.05, 0) is 18.2 Å². The molecule has 0 aliphatic carbocycles. The Morgan fingerprint density at radius 3 is 2.67 bits per heavy atom. The first-order valence-corrected chi connectivity index (χ1v) is 6.14. The Morgan fingerprint density at radius 2 is 2.17 bits per heavy atom. The summed E-state index contributed by atoms with van der Waals surface area (Å²) in [6.45, 7) is 0. The second kappa shape index (κ2) is 3.58. The van der Waals surface area contributed by atoms with Crippen molar-refractivity contribution in [3.8, 4) is 0 Å². The maximum atomic E-state index is 11.7. The van der Waals surface area contributed by atoms with E-state index in [-0.39, 0.29) is 0 Å². The molecule has 0 fully saturated rings. The van der Waals surface area contributed by atoms with Crippen LogP contribution in [-0.4, -0.2) is 17.5 Å². The molecular formula is C8H10BrNOS. The molecule has 0 aromatic heterocycles. The van der Waals surface area contributed by atoms with Crippen molar-refractivity contribution in [2.45, 2.75) is 4.90 Å². The van der Waals surface area contributed by atoms with Crippen LogP contribution in [-0.2, 0) is 9.73 Å². The van der Waals surface area contributed by atoms with Crippen molar-refractivity contribution in [2.75, 3.05) is 13.3 Å². The highest BCUT2D eigenvalue weighted by molar-refractivity contribution is 9.10. The maximum Gasteiger partial charge on any atom is 0.0720 e. The standard InChI is InChI=1S/C8H10BrNOS/c1-10-12(2,11)8-5-3-4-7(9)6-8/h3-6H,1-2H3. The average Bonchev–Trinajstić information content (AvgIpc) is 2.05. The highest BCUT2D eigenvalue weighted by Crippen LogP contribution is 2.16. The number of rotatable bonds is 1. The van der Waals surface area contributed by atoms with Crippen LogP contribution in [0, 0.1) is 0 Å². The van der Waals surface area contributed by atoms with Crippen LogP contribution in [0.3, 0.4) is 0 Å². The minimum atomic E-state index is -2.18. The third kappa shape index (κ3) is 2.08. The van der Waals surface area contributed by atoms with Gasteiger partial charge in [-0.25, -0.2) is 8.57 Å². The summed E-state index contributed by atoms with van der Waals surface area (Å²) in [5.41, 5.74) is 0. The van der Waals surface area contributed by atoms with Gasteiger partial charge in [0, 0.05) is 22.7 Å². The van der Waals surface area contributed by atoms with E-state index in [1.165, 1.54) is 0 Å². The Bertz CT molecular complexity index is 394. The number of hydrogen-bond acceptors (Lipinski definition) is 2. The van der Waals surface area contributed by atoms with E-state index < -0.39 is 9.73 Å². The van der Waals surface area contributed by atoms with Crippen LogP contribution in [0.2, 0.25) is 0 Å². The minimum absolute atomic E-state index is 0.763. The first-order valence-electron chi connectivity index (χ1n) is 3.42. The molecule has 1 aromatic carbocycles. The van der Waals surface area contributed by atoms with Crippen molar-refractivity contribution in [3.05, 3.63) is 28.7 Å². The minimum Gasteiger partial charge on any atom is -0.245 e. The molecule has 4 heteroatoms. The van der Waals surface area contributed by atoms with E-state index in [1.807, 2.05) is 24.3 Å². The molecule has 0 radical (unpaired) electrons. The average molecular weight is 248 g/mol. The monoisotopic (exact) mass is 247 g/mol. The normalized spacial score (nSPS) is 15.2. The molecule has 0 heterocycles. The van der Waals surface area contributed by atoms with E-state index in [1.54, 1.807) is 13.3 Å². The summed E-state index contributed by atoms with van der Waals surface area (Å²) in [5.74, 6) is 0. The van der Waals surface area contributed by atoms with Crippen LogP contribution < -0.4 is 0 Å². The third-order valence-corrected chi connectivity index (χ3v) is 3.90. The van der Waals surface area contributed by atoms with Crippen molar-refractivity contribution in [2.24, 2.45) is 4.36 Å². The lowest BCUT2D eigenvalue weighted by atomic mass is 10.4. The Hall–Kier alpha value is -0.350. The molecule has 0 spiro atoms. The number of benzene rings is 1. The van der Waals surface area contributed by atoms with Crippen LogP contribution in [0.25, 0.3) is 0 Å². The van der Waals surface area contributed by atoms with Gasteiger partial charge in [0.05, 0.1) is 9.73 Å². The largest absolute Gasteiger partial charge is 0.245 e. The van der Waals surface area contributed by atoms with Crippen molar-refractivity contribution < 1.29 is 4.21 Å². The first kappa shape index (κ1) is 9.74. The molecular weight excluding hydrogens is 238 g/mol. The molecule has 1 aromatic rings. The Labute approximate surface area is 81.3 Å². The quantitative estimate of drug-likeness (QED) is 0.750. The second-order valence-electron chi connectivity index (χ2n) is 2.44. The van der Waals surface area contributed by atoms with E-state index in [2.05, 4.69) is 20.3 Å². The van der Waals surface area contributed by atoms with Gasteiger partial charge in [0.1, 0.15) is 0 Å². The Kier molecular flexibility index (Phi) is 2.90. The first-order chi connectivity index (χ1) is 5.56. The van der Waals surface area contributed by atoms with Crippen LogP contribution in [0.5, 0.6) is 0 Å². The van der Waals surface area contributed by atoms with Gasteiger partial charge in [-0.15, -0.1) is 0 Å². The van der Waals surface area contributed by atoms with Crippen molar-refractivity contribution in [1.29, 1.82) is 0 Å². The zero-order valence-corrected chi connectivity index (χ0v) is 9.35. The SMILES string of the molecule is CN=S(C)(=O)c1cccc(Br)c1. The van der Waals surface area contributed by atoms with Gasteiger partial charge < -0.3 is 0 Å². The highest BCUT2D eigenvalue weighted by Gasteiger charge is 2.03. The summed E-state index contributed by atoms with van der Waals surface area (Å²) in [6, 6.07) is 7.40. The predicted octanol–water partition coefficient (Wildman–Crippen LogP) is 2.54. The maximum absolute atomic E-state index is 11.7. The molecule has 12 heavy (non-hydrogen) atoms. The molecule has 0 aliphatic rings. The van der Waals surface area contributed by atoms with Crippen LogP contribution in [0.1, 0.15) is 0 Å². The molecule has 0 saturated heterocycles. The Balaban J connectivity index is 3.31. The topological polar surface area (TPSA) is 29.4 Å². The summed E-state index contributed by atoms with van der Waals surface area (Å²) in [6.07, 6.45) is 1.63. The zero-order chi connectivity index (χ0) is 9.19. The summed E-state index contributed by atoms with van der Waals surface area (Å²) >= 11 is 3.32. The fraction of sp³-hybridized carbons (Fsp3) is 0.250. The third-order valence-electron chi connectivity index (χ3n) is 1.58. The van der Waals surface area contributed by atoms with Crippen LogP contribution in [0.4, 0.5) is 0 Å². The van der Waals surface area contributed by atoms with E-state index >= 15 is 0 Å². The molecule has 0 N–H and O–H groups in total. The summed E-state index contributed by atoms with van der Waals surface area (Å²) < 4.78 is 16.5. The smallest absolute Gasteiger partial charge is 0.0720 e. The molecule has 0 saturated carbocycles. The van der Waals surface area contributed by atoms with Crippen LogP contribution >= 0.6 is 15.9 Å².